The van der Waals surface area contributed by atoms with Gasteiger partial charge in [-0.25, -0.2) is 4.39 Å². The topological polar surface area (TPSA) is 51.0 Å². The van der Waals surface area contributed by atoms with Gasteiger partial charge in [-0.05, 0) is 32.4 Å². The van der Waals surface area contributed by atoms with E-state index in [2.05, 4.69) is 22.4 Å². The second-order valence-electron chi connectivity index (χ2n) is 5.13. The van der Waals surface area contributed by atoms with Gasteiger partial charge in [0.05, 0.1) is 5.92 Å². The predicted octanol–water partition coefficient (Wildman–Crippen LogP) is 1.54. The predicted molar refractivity (Wildman–Crippen MR) is 56.0 cm³/mol. The molecule has 2 heterocycles. The maximum atomic E-state index is 12.9. The SMILES string of the molecule is CC1(c2noc(C3C[C@H]3F)n2)CCNCC1. The molecule has 1 saturated carbocycles. The normalized spacial score (nSPS) is 32.6. The Kier molecular flexibility index (Phi) is 2.24. The van der Waals surface area contributed by atoms with Gasteiger partial charge < -0.3 is 9.84 Å². The minimum atomic E-state index is -0.769. The Bertz CT molecular complexity index is 386. The molecule has 1 aromatic heterocycles. The third-order valence-corrected chi connectivity index (χ3v) is 3.72. The fourth-order valence-electron chi connectivity index (χ4n) is 2.25. The zero-order valence-corrected chi connectivity index (χ0v) is 9.37. The van der Waals surface area contributed by atoms with Gasteiger partial charge in [-0.3, -0.25) is 0 Å². The summed E-state index contributed by atoms with van der Waals surface area (Å²) < 4.78 is 18.0. The fraction of sp³-hybridized carbons (Fsp3) is 0.818. The molecule has 1 aliphatic heterocycles. The Labute approximate surface area is 93.6 Å². The minimum absolute atomic E-state index is 0.00625. The Morgan fingerprint density at radius 3 is 2.75 bits per heavy atom. The molecule has 1 saturated heterocycles. The van der Waals surface area contributed by atoms with Crippen molar-refractivity contribution in [1.29, 1.82) is 0 Å². The number of hydrogen-bond donors (Lipinski definition) is 1. The lowest BCUT2D eigenvalue weighted by atomic mass is 9.80. The lowest BCUT2D eigenvalue weighted by molar-refractivity contribution is 0.298. The molecule has 3 rings (SSSR count). The van der Waals surface area contributed by atoms with Crippen LogP contribution in [0.3, 0.4) is 0 Å². The van der Waals surface area contributed by atoms with E-state index in [0.717, 1.165) is 31.8 Å². The first-order valence-corrected chi connectivity index (χ1v) is 5.88. The molecule has 5 heteroatoms. The number of rotatable bonds is 2. The molecule has 2 atom stereocenters. The summed E-state index contributed by atoms with van der Waals surface area (Å²) in [5, 5.41) is 7.34. The lowest BCUT2D eigenvalue weighted by Crippen LogP contribution is -2.38. The molecule has 1 N–H and O–H groups in total. The summed E-state index contributed by atoms with van der Waals surface area (Å²) in [5.41, 5.74) is -0.00625. The number of nitrogens with one attached hydrogen (secondary N) is 1. The van der Waals surface area contributed by atoms with Crippen LogP contribution in [0.25, 0.3) is 0 Å². The maximum absolute atomic E-state index is 12.9. The van der Waals surface area contributed by atoms with Crippen LogP contribution >= 0.6 is 0 Å². The molecule has 0 aromatic carbocycles. The van der Waals surface area contributed by atoms with Crippen LogP contribution in [-0.4, -0.2) is 29.4 Å². The van der Waals surface area contributed by atoms with Gasteiger partial charge in [-0.1, -0.05) is 12.1 Å². The Morgan fingerprint density at radius 2 is 2.12 bits per heavy atom. The maximum Gasteiger partial charge on any atom is 0.232 e. The van der Waals surface area contributed by atoms with Crippen LogP contribution in [0.15, 0.2) is 4.52 Å². The van der Waals surface area contributed by atoms with Crippen molar-refractivity contribution < 1.29 is 8.91 Å². The van der Waals surface area contributed by atoms with Crippen molar-refractivity contribution in [3.8, 4) is 0 Å². The quantitative estimate of drug-likeness (QED) is 0.829. The summed E-state index contributed by atoms with van der Waals surface area (Å²) in [6.07, 6.45) is 1.79. The molecule has 2 aliphatic rings. The average Bonchev–Trinajstić information content (AvgIpc) is 2.82. The van der Waals surface area contributed by atoms with E-state index in [-0.39, 0.29) is 11.3 Å². The highest BCUT2D eigenvalue weighted by molar-refractivity contribution is 5.13. The smallest absolute Gasteiger partial charge is 0.232 e. The molecule has 0 bridgehead atoms. The Morgan fingerprint density at radius 1 is 1.44 bits per heavy atom. The highest BCUT2D eigenvalue weighted by Crippen LogP contribution is 2.43. The molecule has 1 aromatic rings. The summed E-state index contributed by atoms with van der Waals surface area (Å²) in [6, 6.07) is 0. The third-order valence-electron chi connectivity index (χ3n) is 3.72. The van der Waals surface area contributed by atoms with E-state index in [0.29, 0.717) is 12.3 Å². The molecule has 16 heavy (non-hydrogen) atoms. The summed E-state index contributed by atoms with van der Waals surface area (Å²) >= 11 is 0. The van der Waals surface area contributed by atoms with Gasteiger partial charge in [0.2, 0.25) is 5.89 Å². The van der Waals surface area contributed by atoms with Crippen molar-refractivity contribution in [1.82, 2.24) is 15.5 Å². The van der Waals surface area contributed by atoms with Gasteiger partial charge in [0.1, 0.15) is 6.17 Å². The summed E-state index contributed by atoms with van der Waals surface area (Å²) in [7, 11) is 0. The zero-order valence-electron chi connectivity index (χ0n) is 9.37. The third kappa shape index (κ3) is 1.63. The van der Waals surface area contributed by atoms with Gasteiger partial charge >= 0.3 is 0 Å². The van der Waals surface area contributed by atoms with Crippen LogP contribution in [0.1, 0.15) is 43.8 Å². The van der Waals surface area contributed by atoms with Crippen LogP contribution in [-0.2, 0) is 5.41 Å². The van der Waals surface area contributed by atoms with E-state index in [1.807, 2.05) is 0 Å². The summed E-state index contributed by atoms with van der Waals surface area (Å²) in [4.78, 5) is 4.37. The second-order valence-corrected chi connectivity index (χ2v) is 5.13. The number of aromatic nitrogens is 2. The first kappa shape index (κ1) is 10.2. The molecule has 1 aliphatic carbocycles. The zero-order chi connectivity index (χ0) is 11.2. The van der Waals surface area contributed by atoms with Crippen molar-refractivity contribution in [3.05, 3.63) is 11.7 Å². The van der Waals surface area contributed by atoms with Gasteiger partial charge in [0.25, 0.3) is 0 Å². The van der Waals surface area contributed by atoms with Crippen LogP contribution in [0.5, 0.6) is 0 Å². The first-order valence-electron chi connectivity index (χ1n) is 5.88. The largest absolute Gasteiger partial charge is 0.339 e. The molecule has 0 spiro atoms. The van der Waals surface area contributed by atoms with Gasteiger partial charge in [0, 0.05) is 5.41 Å². The van der Waals surface area contributed by atoms with E-state index in [1.54, 1.807) is 0 Å². The van der Waals surface area contributed by atoms with E-state index < -0.39 is 6.17 Å². The van der Waals surface area contributed by atoms with Gasteiger partial charge in [-0.15, -0.1) is 0 Å². The number of piperidine rings is 1. The highest BCUT2D eigenvalue weighted by atomic mass is 19.1. The Hall–Kier alpha value is -0.970. The first-order chi connectivity index (χ1) is 7.69. The van der Waals surface area contributed by atoms with Crippen LogP contribution in [0.2, 0.25) is 0 Å². The van der Waals surface area contributed by atoms with E-state index >= 15 is 0 Å². The second kappa shape index (κ2) is 3.52. The van der Waals surface area contributed by atoms with E-state index in [4.69, 9.17) is 4.52 Å². The molecule has 1 unspecified atom stereocenters. The van der Waals surface area contributed by atoms with Crippen LogP contribution < -0.4 is 5.32 Å². The number of hydrogen-bond acceptors (Lipinski definition) is 4. The standard InChI is InChI=1S/C11H16FN3O/c1-11(2-4-13-5-3-11)10-14-9(16-15-10)7-6-8(7)12/h7-8,13H,2-6H2,1H3/t7?,8-/m1/s1. The summed E-state index contributed by atoms with van der Waals surface area (Å²) in [5.74, 6) is 1.11. The fourth-order valence-corrected chi connectivity index (χ4v) is 2.25. The molecule has 2 fully saturated rings. The summed E-state index contributed by atoms with van der Waals surface area (Å²) in [6.45, 7) is 4.12. The van der Waals surface area contributed by atoms with Crippen LogP contribution in [0.4, 0.5) is 4.39 Å². The van der Waals surface area contributed by atoms with Crippen molar-refractivity contribution in [2.45, 2.75) is 43.7 Å². The van der Waals surface area contributed by atoms with Crippen LogP contribution in [0, 0.1) is 0 Å². The average molecular weight is 225 g/mol. The van der Waals surface area contributed by atoms with E-state index in [9.17, 15) is 4.39 Å². The van der Waals surface area contributed by atoms with Crippen molar-refractivity contribution in [3.63, 3.8) is 0 Å². The molecule has 88 valence electrons. The highest BCUT2D eigenvalue weighted by Gasteiger charge is 2.44. The molecular formula is C11H16FN3O. The van der Waals surface area contributed by atoms with Gasteiger partial charge in [-0.2, -0.15) is 4.98 Å². The monoisotopic (exact) mass is 225 g/mol. The van der Waals surface area contributed by atoms with Crippen molar-refractivity contribution in [2.75, 3.05) is 13.1 Å². The van der Waals surface area contributed by atoms with Crippen molar-refractivity contribution >= 4 is 0 Å². The molecule has 0 radical (unpaired) electrons. The van der Waals surface area contributed by atoms with Crippen molar-refractivity contribution in [2.24, 2.45) is 0 Å². The molecule has 0 amide bonds. The minimum Gasteiger partial charge on any atom is -0.339 e. The van der Waals surface area contributed by atoms with Gasteiger partial charge in [0.15, 0.2) is 5.82 Å². The molecular weight excluding hydrogens is 209 g/mol. The molecule has 4 nitrogen and oxygen atoms in total. The number of halogens is 1. The van der Waals surface area contributed by atoms with E-state index in [1.165, 1.54) is 0 Å². The Balaban J connectivity index is 1.80. The number of nitrogens with zero attached hydrogens (tertiary/aromatic N) is 2. The lowest BCUT2D eigenvalue weighted by Gasteiger charge is -2.30. The number of alkyl halides is 1.